The number of rotatable bonds is 5. The monoisotopic (exact) mass is 285 g/mol. The lowest BCUT2D eigenvalue weighted by Gasteiger charge is -2.37. The van der Waals surface area contributed by atoms with E-state index in [2.05, 4.69) is 0 Å². The maximum Gasteiger partial charge on any atom is 0.316 e. The molecule has 1 N–H and O–H groups in total. The predicted octanol–water partition coefficient (Wildman–Crippen LogP) is 2.15. The minimum absolute atomic E-state index is 0.0436. The second kappa shape index (κ2) is 7.07. The molecule has 2 unspecified atom stereocenters. The van der Waals surface area contributed by atoms with Crippen LogP contribution in [0.1, 0.15) is 47.0 Å². The third kappa shape index (κ3) is 4.47. The molecule has 0 radical (unpaired) electrons. The number of likely N-dealkylation sites (tertiary alicyclic amines) is 1. The van der Waals surface area contributed by atoms with E-state index in [4.69, 9.17) is 4.74 Å². The maximum absolute atomic E-state index is 12.5. The lowest BCUT2D eigenvalue weighted by Crippen LogP contribution is -2.50. The van der Waals surface area contributed by atoms with E-state index >= 15 is 0 Å². The standard InChI is InChI=1S/C15H27NO4/c1-5-9-20-11-7-6-8-16(10-11)13(17)12(14(18)19)15(2,3)4/h11-12H,5-10H2,1-4H3,(H,18,19). The summed E-state index contributed by atoms with van der Waals surface area (Å²) in [6, 6.07) is 0. The number of piperidine rings is 1. The molecule has 1 amide bonds. The number of carboxylic acid groups (broad SMARTS) is 1. The van der Waals surface area contributed by atoms with Crippen LogP contribution < -0.4 is 0 Å². The molecule has 116 valence electrons. The quantitative estimate of drug-likeness (QED) is 0.786. The van der Waals surface area contributed by atoms with Gasteiger partial charge in [-0.15, -0.1) is 0 Å². The SMILES string of the molecule is CCCOC1CCCN(C(=O)C(C(=O)O)C(C)(C)C)C1. The first kappa shape index (κ1) is 17.0. The van der Waals surface area contributed by atoms with E-state index in [0.29, 0.717) is 19.7 Å². The van der Waals surface area contributed by atoms with Crippen molar-refractivity contribution in [1.82, 2.24) is 4.90 Å². The van der Waals surface area contributed by atoms with E-state index in [0.717, 1.165) is 19.3 Å². The van der Waals surface area contributed by atoms with Gasteiger partial charge in [0.2, 0.25) is 5.91 Å². The van der Waals surface area contributed by atoms with Crippen LogP contribution in [0.3, 0.4) is 0 Å². The normalized spacial score (nSPS) is 21.6. The topological polar surface area (TPSA) is 66.8 Å². The molecule has 0 spiro atoms. The first-order valence-electron chi connectivity index (χ1n) is 7.40. The fourth-order valence-corrected chi connectivity index (χ4v) is 2.59. The molecule has 5 nitrogen and oxygen atoms in total. The van der Waals surface area contributed by atoms with Gasteiger partial charge in [0.25, 0.3) is 0 Å². The molecule has 1 aliphatic heterocycles. The van der Waals surface area contributed by atoms with Gasteiger partial charge in [0.1, 0.15) is 5.92 Å². The Balaban J connectivity index is 2.72. The first-order chi connectivity index (χ1) is 9.27. The summed E-state index contributed by atoms with van der Waals surface area (Å²) >= 11 is 0. The number of ether oxygens (including phenoxy) is 1. The molecular formula is C15H27NO4. The van der Waals surface area contributed by atoms with E-state index in [1.807, 2.05) is 6.92 Å². The molecule has 1 saturated heterocycles. The van der Waals surface area contributed by atoms with E-state index in [1.54, 1.807) is 25.7 Å². The van der Waals surface area contributed by atoms with Crippen LogP contribution in [0.5, 0.6) is 0 Å². The summed E-state index contributed by atoms with van der Waals surface area (Å²) < 4.78 is 5.70. The number of hydrogen-bond acceptors (Lipinski definition) is 3. The second-order valence-corrected chi connectivity index (χ2v) is 6.56. The Bertz CT molecular complexity index is 348. The van der Waals surface area contributed by atoms with Crippen molar-refractivity contribution in [1.29, 1.82) is 0 Å². The summed E-state index contributed by atoms with van der Waals surface area (Å²) in [6.45, 7) is 9.25. The summed E-state index contributed by atoms with van der Waals surface area (Å²) in [5, 5.41) is 9.34. The summed E-state index contributed by atoms with van der Waals surface area (Å²) in [7, 11) is 0. The van der Waals surface area contributed by atoms with Gasteiger partial charge in [0, 0.05) is 19.7 Å². The van der Waals surface area contributed by atoms with Crippen LogP contribution in [0.15, 0.2) is 0 Å². The number of carbonyl (C=O) groups excluding carboxylic acids is 1. The zero-order valence-corrected chi connectivity index (χ0v) is 13.0. The molecular weight excluding hydrogens is 258 g/mol. The van der Waals surface area contributed by atoms with Gasteiger partial charge in [0.15, 0.2) is 0 Å². The Morgan fingerprint density at radius 1 is 1.40 bits per heavy atom. The van der Waals surface area contributed by atoms with Crippen LogP contribution in [0.4, 0.5) is 0 Å². The van der Waals surface area contributed by atoms with E-state index < -0.39 is 17.3 Å². The Labute approximate surface area is 121 Å². The number of hydrogen-bond donors (Lipinski definition) is 1. The Hall–Kier alpha value is -1.10. The highest BCUT2D eigenvalue weighted by Crippen LogP contribution is 2.29. The highest BCUT2D eigenvalue weighted by Gasteiger charge is 2.41. The fraction of sp³-hybridized carbons (Fsp3) is 0.867. The van der Waals surface area contributed by atoms with Crippen molar-refractivity contribution in [2.75, 3.05) is 19.7 Å². The van der Waals surface area contributed by atoms with Crippen molar-refractivity contribution in [3.63, 3.8) is 0 Å². The van der Waals surface area contributed by atoms with Crippen molar-refractivity contribution < 1.29 is 19.4 Å². The molecule has 20 heavy (non-hydrogen) atoms. The minimum Gasteiger partial charge on any atom is -0.481 e. The van der Waals surface area contributed by atoms with Gasteiger partial charge < -0.3 is 14.7 Å². The van der Waals surface area contributed by atoms with Gasteiger partial charge in [-0.05, 0) is 24.7 Å². The summed E-state index contributed by atoms with van der Waals surface area (Å²) in [4.78, 5) is 25.6. The van der Waals surface area contributed by atoms with Crippen molar-refractivity contribution >= 4 is 11.9 Å². The van der Waals surface area contributed by atoms with Gasteiger partial charge >= 0.3 is 5.97 Å². The Morgan fingerprint density at radius 3 is 2.55 bits per heavy atom. The highest BCUT2D eigenvalue weighted by atomic mass is 16.5. The number of nitrogens with zero attached hydrogens (tertiary/aromatic N) is 1. The number of aliphatic carboxylic acids is 1. The van der Waals surface area contributed by atoms with Crippen molar-refractivity contribution in [3.05, 3.63) is 0 Å². The molecule has 1 heterocycles. The fourth-order valence-electron chi connectivity index (χ4n) is 2.59. The average Bonchev–Trinajstić information content (AvgIpc) is 2.34. The molecule has 1 fully saturated rings. The molecule has 0 aromatic carbocycles. The Kier molecular flexibility index (Phi) is 5.99. The lowest BCUT2D eigenvalue weighted by atomic mass is 9.79. The molecule has 1 rings (SSSR count). The highest BCUT2D eigenvalue weighted by molar-refractivity contribution is 5.97. The lowest BCUT2D eigenvalue weighted by molar-refractivity contribution is -0.158. The molecule has 0 aromatic rings. The number of carbonyl (C=O) groups is 2. The maximum atomic E-state index is 12.5. The molecule has 0 aromatic heterocycles. The summed E-state index contributed by atoms with van der Waals surface area (Å²) in [6.07, 6.45) is 2.81. The van der Waals surface area contributed by atoms with Crippen LogP contribution >= 0.6 is 0 Å². The zero-order valence-electron chi connectivity index (χ0n) is 13.0. The summed E-state index contributed by atoms with van der Waals surface area (Å²) in [5.41, 5.74) is -0.583. The smallest absolute Gasteiger partial charge is 0.316 e. The third-order valence-corrected chi connectivity index (χ3v) is 3.61. The van der Waals surface area contributed by atoms with Crippen LogP contribution in [0, 0.1) is 11.3 Å². The van der Waals surface area contributed by atoms with Gasteiger partial charge in [-0.25, -0.2) is 0 Å². The average molecular weight is 285 g/mol. The van der Waals surface area contributed by atoms with Gasteiger partial charge in [-0.2, -0.15) is 0 Å². The van der Waals surface area contributed by atoms with Gasteiger partial charge in [0.05, 0.1) is 6.10 Å². The van der Waals surface area contributed by atoms with E-state index in [-0.39, 0.29) is 12.0 Å². The van der Waals surface area contributed by atoms with E-state index in [9.17, 15) is 14.7 Å². The predicted molar refractivity (Wildman–Crippen MR) is 76.4 cm³/mol. The molecule has 1 aliphatic rings. The third-order valence-electron chi connectivity index (χ3n) is 3.61. The molecule has 0 aliphatic carbocycles. The van der Waals surface area contributed by atoms with Gasteiger partial charge in [-0.3, -0.25) is 9.59 Å². The van der Waals surface area contributed by atoms with Crippen LogP contribution in [0.25, 0.3) is 0 Å². The second-order valence-electron chi connectivity index (χ2n) is 6.56. The van der Waals surface area contributed by atoms with Crippen LogP contribution in [-0.2, 0) is 14.3 Å². The number of amides is 1. The number of carboxylic acids is 1. The zero-order chi connectivity index (χ0) is 15.3. The Morgan fingerprint density at radius 2 is 2.05 bits per heavy atom. The molecule has 2 atom stereocenters. The van der Waals surface area contributed by atoms with Gasteiger partial charge in [-0.1, -0.05) is 27.7 Å². The van der Waals surface area contributed by atoms with Crippen LogP contribution in [0.2, 0.25) is 0 Å². The van der Waals surface area contributed by atoms with Crippen molar-refractivity contribution in [2.45, 2.75) is 53.1 Å². The van der Waals surface area contributed by atoms with Crippen molar-refractivity contribution in [3.8, 4) is 0 Å². The first-order valence-corrected chi connectivity index (χ1v) is 7.40. The molecule has 0 bridgehead atoms. The molecule has 5 heteroatoms. The summed E-state index contributed by atoms with van der Waals surface area (Å²) in [5.74, 6) is -2.32. The largest absolute Gasteiger partial charge is 0.481 e. The minimum atomic E-state index is -1.04. The van der Waals surface area contributed by atoms with E-state index in [1.165, 1.54) is 0 Å². The van der Waals surface area contributed by atoms with Crippen molar-refractivity contribution in [2.24, 2.45) is 11.3 Å². The molecule has 0 saturated carbocycles. The van der Waals surface area contributed by atoms with Crippen LogP contribution in [-0.4, -0.2) is 47.7 Å².